The Bertz CT molecular complexity index is 526. The first-order chi connectivity index (χ1) is 9.63. The lowest BCUT2D eigenvalue weighted by atomic mass is 10.2. The molecule has 2 rings (SSSR count). The minimum absolute atomic E-state index is 0.169. The molecule has 0 fully saturated rings. The number of hydrogen-bond acceptors (Lipinski definition) is 3. The second-order valence-electron chi connectivity index (χ2n) is 5.03. The molecule has 0 aliphatic heterocycles. The van der Waals surface area contributed by atoms with E-state index in [4.69, 9.17) is 4.42 Å². The lowest BCUT2D eigenvalue weighted by molar-refractivity contribution is 0.467. The predicted octanol–water partition coefficient (Wildman–Crippen LogP) is 4.61. The topological polar surface area (TPSA) is 28.4 Å². The van der Waals surface area contributed by atoms with Crippen molar-refractivity contribution in [1.82, 2.24) is 0 Å². The molecule has 20 heavy (non-hydrogen) atoms. The van der Waals surface area contributed by atoms with Crippen molar-refractivity contribution in [3.8, 4) is 0 Å². The molecule has 0 saturated carbocycles. The number of aryl methyl sites for hydroxylation is 1. The van der Waals surface area contributed by atoms with Gasteiger partial charge in [0.2, 0.25) is 0 Å². The Balaban J connectivity index is 2.03. The third-order valence-electron chi connectivity index (χ3n) is 3.57. The Kier molecular flexibility index (Phi) is 4.72. The fourth-order valence-electron chi connectivity index (χ4n) is 2.36. The van der Waals surface area contributed by atoms with Crippen LogP contribution in [0.5, 0.6) is 0 Å². The third-order valence-corrected chi connectivity index (χ3v) is 3.57. The number of anilines is 2. The average molecular weight is 272 g/mol. The first kappa shape index (κ1) is 14.5. The fourth-order valence-corrected chi connectivity index (χ4v) is 2.36. The van der Waals surface area contributed by atoms with E-state index in [-0.39, 0.29) is 6.04 Å². The van der Waals surface area contributed by atoms with Gasteiger partial charge in [0.25, 0.3) is 0 Å². The van der Waals surface area contributed by atoms with Crippen LogP contribution in [0.4, 0.5) is 11.4 Å². The summed E-state index contributed by atoms with van der Waals surface area (Å²) in [5.74, 6) is 1.92. The molecule has 1 aromatic carbocycles. The summed E-state index contributed by atoms with van der Waals surface area (Å²) in [6, 6.07) is 12.8. The second-order valence-corrected chi connectivity index (χ2v) is 5.03. The highest BCUT2D eigenvalue weighted by Gasteiger charge is 2.09. The molecule has 1 N–H and O–H groups in total. The molecule has 0 aliphatic rings. The van der Waals surface area contributed by atoms with E-state index < -0.39 is 0 Å². The second kappa shape index (κ2) is 6.51. The standard InChI is InChI=1S/C17H24N2O/c1-5-19(6-2)16-10-8-15(9-11-16)18-14(4)17-12-7-13(3)20-17/h7-12,14,18H,5-6H2,1-4H3. The molecular weight excluding hydrogens is 248 g/mol. The van der Waals surface area contributed by atoms with Gasteiger partial charge in [-0.05, 0) is 64.1 Å². The van der Waals surface area contributed by atoms with Crippen molar-refractivity contribution < 1.29 is 4.42 Å². The zero-order chi connectivity index (χ0) is 14.5. The molecule has 0 bridgehead atoms. The highest BCUT2D eigenvalue weighted by molar-refractivity contribution is 5.55. The number of nitrogens with one attached hydrogen (secondary N) is 1. The Labute approximate surface area is 121 Å². The van der Waals surface area contributed by atoms with Crippen LogP contribution in [0.2, 0.25) is 0 Å². The summed E-state index contributed by atoms with van der Waals surface area (Å²) in [6.45, 7) is 10.5. The third kappa shape index (κ3) is 3.35. The van der Waals surface area contributed by atoms with Crippen molar-refractivity contribution in [2.75, 3.05) is 23.3 Å². The summed E-state index contributed by atoms with van der Waals surface area (Å²) in [7, 11) is 0. The predicted molar refractivity (Wildman–Crippen MR) is 85.5 cm³/mol. The van der Waals surface area contributed by atoms with Gasteiger partial charge in [-0.1, -0.05) is 0 Å². The van der Waals surface area contributed by atoms with Gasteiger partial charge in [-0.3, -0.25) is 0 Å². The Morgan fingerprint density at radius 2 is 1.70 bits per heavy atom. The fraction of sp³-hybridized carbons (Fsp3) is 0.412. The molecule has 0 spiro atoms. The summed E-state index contributed by atoms with van der Waals surface area (Å²) in [4.78, 5) is 2.34. The molecular formula is C17H24N2O. The Morgan fingerprint density at radius 3 is 2.20 bits per heavy atom. The minimum Gasteiger partial charge on any atom is -0.464 e. The van der Waals surface area contributed by atoms with E-state index in [2.05, 4.69) is 55.3 Å². The van der Waals surface area contributed by atoms with Gasteiger partial charge in [0.15, 0.2) is 0 Å². The van der Waals surface area contributed by atoms with Crippen molar-refractivity contribution in [2.24, 2.45) is 0 Å². The molecule has 1 atom stereocenters. The molecule has 1 aromatic heterocycles. The van der Waals surface area contributed by atoms with E-state index in [1.54, 1.807) is 0 Å². The van der Waals surface area contributed by atoms with E-state index in [0.717, 1.165) is 30.3 Å². The van der Waals surface area contributed by atoms with E-state index >= 15 is 0 Å². The Hall–Kier alpha value is -1.90. The number of benzene rings is 1. The van der Waals surface area contributed by atoms with Gasteiger partial charge in [0.05, 0.1) is 6.04 Å². The number of nitrogens with zero attached hydrogens (tertiary/aromatic N) is 1. The van der Waals surface area contributed by atoms with E-state index in [9.17, 15) is 0 Å². The summed E-state index contributed by atoms with van der Waals surface area (Å²) in [5.41, 5.74) is 2.38. The molecule has 3 heteroatoms. The maximum Gasteiger partial charge on any atom is 0.126 e. The van der Waals surface area contributed by atoms with Gasteiger partial charge < -0.3 is 14.6 Å². The molecule has 1 heterocycles. The van der Waals surface area contributed by atoms with E-state index in [0.29, 0.717) is 0 Å². The normalized spacial score (nSPS) is 12.2. The molecule has 108 valence electrons. The zero-order valence-electron chi connectivity index (χ0n) is 12.8. The number of furan rings is 1. The summed E-state index contributed by atoms with van der Waals surface area (Å²) >= 11 is 0. The molecule has 0 amide bonds. The molecule has 2 aromatic rings. The molecule has 0 saturated heterocycles. The van der Waals surface area contributed by atoms with Gasteiger partial charge in [-0.25, -0.2) is 0 Å². The monoisotopic (exact) mass is 272 g/mol. The lowest BCUT2D eigenvalue weighted by Gasteiger charge is -2.21. The molecule has 3 nitrogen and oxygen atoms in total. The van der Waals surface area contributed by atoms with Gasteiger partial charge in [-0.15, -0.1) is 0 Å². The average Bonchev–Trinajstić information content (AvgIpc) is 2.89. The quantitative estimate of drug-likeness (QED) is 0.832. The smallest absolute Gasteiger partial charge is 0.126 e. The first-order valence-corrected chi connectivity index (χ1v) is 7.32. The lowest BCUT2D eigenvalue weighted by Crippen LogP contribution is -2.21. The van der Waals surface area contributed by atoms with Crippen LogP contribution in [0, 0.1) is 6.92 Å². The SMILES string of the molecule is CCN(CC)c1ccc(NC(C)c2ccc(C)o2)cc1. The van der Waals surface area contributed by atoms with Crippen LogP contribution in [-0.2, 0) is 0 Å². The molecule has 0 aliphatic carbocycles. The van der Waals surface area contributed by atoms with Crippen LogP contribution < -0.4 is 10.2 Å². The zero-order valence-corrected chi connectivity index (χ0v) is 12.8. The maximum absolute atomic E-state index is 5.64. The first-order valence-electron chi connectivity index (χ1n) is 7.32. The maximum atomic E-state index is 5.64. The minimum atomic E-state index is 0.169. The van der Waals surface area contributed by atoms with Crippen LogP contribution >= 0.6 is 0 Å². The van der Waals surface area contributed by atoms with Crippen molar-refractivity contribution in [1.29, 1.82) is 0 Å². The Morgan fingerprint density at radius 1 is 1.05 bits per heavy atom. The van der Waals surface area contributed by atoms with E-state index in [1.807, 2.05) is 19.1 Å². The number of rotatable bonds is 6. The summed E-state index contributed by atoms with van der Waals surface area (Å²) < 4.78 is 5.64. The van der Waals surface area contributed by atoms with Crippen LogP contribution in [0.1, 0.15) is 38.3 Å². The van der Waals surface area contributed by atoms with Crippen molar-refractivity contribution >= 4 is 11.4 Å². The number of hydrogen-bond donors (Lipinski definition) is 1. The van der Waals surface area contributed by atoms with Crippen molar-refractivity contribution in [2.45, 2.75) is 33.7 Å². The molecule has 0 radical (unpaired) electrons. The van der Waals surface area contributed by atoms with Gasteiger partial charge in [0, 0.05) is 24.5 Å². The van der Waals surface area contributed by atoms with E-state index in [1.165, 1.54) is 5.69 Å². The highest BCUT2D eigenvalue weighted by atomic mass is 16.3. The summed E-state index contributed by atoms with van der Waals surface area (Å²) in [5, 5.41) is 3.46. The van der Waals surface area contributed by atoms with Gasteiger partial charge in [-0.2, -0.15) is 0 Å². The highest BCUT2D eigenvalue weighted by Crippen LogP contribution is 2.23. The van der Waals surface area contributed by atoms with Crippen LogP contribution in [0.15, 0.2) is 40.8 Å². The van der Waals surface area contributed by atoms with Gasteiger partial charge in [0.1, 0.15) is 11.5 Å². The van der Waals surface area contributed by atoms with Crippen molar-refractivity contribution in [3.63, 3.8) is 0 Å². The largest absolute Gasteiger partial charge is 0.464 e. The van der Waals surface area contributed by atoms with Crippen molar-refractivity contribution in [3.05, 3.63) is 47.9 Å². The van der Waals surface area contributed by atoms with Crippen LogP contribution in [-0.4, -0.2) is 13.1 Å². The van der Waals surface area contributed by atoms with Crippen LogP contribution in [0.25, 0.3) is 0 Å². The van der Waals surface area contributed by atoms with Crippen LogP contribution in [0.3, 0.4) is 0 Å². The van der Waals surface area contributed by atoms with Gasteiger partial charge >= 0.3 is 0 Å². The summed E-state index contributed by atoms with van der Waals surface area (Å²) in [6.07, 6.45) is 0. The molecule has 1 unspecified atom stereocenters.